The van der Waals surface area contributed by atoms with Crippen molar-refractivity contribution in [3.8, 4) is 5.75 Å². The van der Waals surface area contributed by atoms with E-state index in [-0.39, 0.29) is 15.4 Å². The Hall–Kier alpha value is -1.23. The molecule has 1 aliphatic heterocycles. The zero-order valence-electron chi connectivity index (χ0n) is 18.6. The van der Waals surface area contributed by atoms with Crippen LogP contribution < -0.4 is 4.74 Å². The maximum atomic E-state index is 6.99. The Morgan fingerprint density at radius 2 is 1.76 bits per heavy atom. The lowest BCUT2D eigenvalue weighted by Crippen LogP contribution is -2.58. The molecule has 0 radical (unpaired) electrons. The van der Waals surface area contributed by atoms with Gasteiger partial charge in [0.25, 0.3) is 0 Å². The monoisotopic (exact) mass is 426 g/mol. The van der Waals surface area contributed by atoms with Crippen LogP contribution in [0.4, 0.5) is 0 Å². The SMILES string of the molecule is CC1(C)S[C@](C)([Si](C)(C)C)O[C@@H]2c3cccc(OCc4ccccc4)c3CC[C@@H]21. The van der Waals surface area contributed by atoms with Gasteiger partial charge in [0.15, 0.2) is 0 Å². The Balaban J connectivity index is 1.66. The van der Waals surface area contributed by atoms with Crippen LogP contribution in [-0.4, -0.2) is 17.4 Å². The van der Waals surface area contributed by atoms with Gasteiger partial charge >= 0.3 is 0 Å². The van der Waals surface area contributed by atoms with Crippen molar-refractivity contribution in [3.05, 3.63) is 65.2 Å². The summed E-state index contributed by atoms with van der Waals surface area (Å²) in [5, 5.41) is 0. The second kappa shape index (κ2) is 7.47. The van der Waals surface area contributed by atoms with E-state index in [1.165, 1.54) is 16.7 Å². The number of hydrogen-bond donors (Lipinski definition) is 0. The first-order chi connectivity index (χ1) is 13.6. The molecule has 156 valence electrons. The van der Waals surface area contributed by atoms with Crippen molar-refractivity contribution in [2.24, 2.45) is 5.92 Å². The van der Waals surface area contributed by atoms with Crippen LogP contribution >= 0.6 is 11.8 Å². The van der Waals surface area contributed by atoms with Crippen LogP contribution in [0.1, 0.15) is 50.0 Å². The lowest BCUT2D eigenvalue weighted by molar-refractivity contribution is -0.0531. The van der Waals surface area contributed by atoms with E-state index >= 15 is 0 Å². The lowest BCUT2D eigenvalue weighted by Gasteiger charge is -2.57. The number of thioether (sulfide) groups is 1. The minimum atomic E-state index is -1.53. The van der Waals surface area contributed by atoms with E-state index in [9.17, 15) is 0 Å². The molecule has 1 aliphatic carbocycles. The van der Waals surface area contributed by atoms with Crippen LogP contribution in [0.25, 0.3) is 0 Å². The molecule has 0 amide bonds. The van der Waals surface area contributed by atoms with Gasteiger partial charge in [-0.2, -0.15) is 0 Å². The van der Waals surface area contributed by atoms with Gasteiger partial charge in [0.05, 0.1) is 18.7 Å². The molecule has 0 aromatic heterocycles. The first kappa shape index (κ1) is 21.0. The second-order valence-electron chi connectivity index (χ2n) is 10.2. The Bertz CT molecular complexity index is 874. The summed E-state index contributed by atoms with van der Waals surface area (Å²) in [7, 11) is -1.53. The van der Waals surface area contributed by atoms with Gasteiger partial charge in [0.2, 0.25) is 0 Å². The first-order valence-electron chi connectivity index (χ1n) is 10.8. The van der Waals surface area contributed by atoms with Gasteiger partial charge in [0, 0.05) is 10.7 Å². The maximum absolute atomic E-state index is 6.99. The van der Waals surface area contributed by atoms with Gasteiger partial charge in [-0.3, -0.25) is 0 Å². The summed E-state index contributed by atoms with van der Waals surface area (Å²) in [6.45, 7) is 15.1. The van der Waals surface area contributed by atoms with Crippen molar-refractivity contribution >= 4 is 19.8 Å². The molecule has 0 spiro atoms. The number of rotatable bonds is 4. The van der Waals surface area contributed by atoms with Crippen molar-refractivity contribution < 1.29 is 9.47 Å². The van der Waals surface area contributed by atoms with Crippen molar-refractivity contribution in [1.29, 1.82) is 0 Å². The molecule has 0 saturated carbocycles. The Morgan fingerprint density at radius 1 is 1.03 bits per heavy atom. The smallest absolute Gasteiger partial charge is 0.123 e. The average molecular weight is 427 g/mol. The van der Waals surface area contributed by atoms with Gasteiger partial charge in [-0.25, -0.2) is 0 Å². The van der Waals surface area contributed by atoms with E-state index in [1.807, 2.05) is 6.07 Å². The molecule has 2 aromatic rings. The average Bonchev–Trinajstić information content (AvgIpc) is 2.65. The van der Waals surface area contributed by atoms with Gasteiger partial charge in [-0.15, -0.1) is 11.8 Å². The van der Waals surface area contributed by atoms with Crippen molar-refractivity contribution in [3.63, 3.8) is 0 Å². The third-order valence-electron chi connectivity index (χ3n) is 6.85. The summed E-state index contributed by atoms with van der Waals surface area (Å²) in [5.74, 6) is 1.56. The minimum absolute atomic E-state index is 0.0901. The molecule has 1 heterocycles. The van der Waals surface area contributed by atoms with Crippen molar-refractivity contribution in [2.45, 2.75) is 75.3 Å². The molecular weight excluding hydrogens is 392 g/mol. The molecule has 2 nitrogen and oxygen atoms in total. The number of benzene rings is 2. The zero-order chi connectivity index (χ0) is 20.9. The first-order valence-corrected chi connectivity index (χ1v) is 15.1. The summed E-state index contributed by atoms with van der Waals surface area (Å²) in [4.78, 5) is 0. The predicted molar refractivity (Wildman–Crippen MR) is 126 cm³/mol. The van der Waals surface area contributed by atoms with Gasteiger partial charge < -0.3 is 9.47 Å². The normalized spacial score (nSPS) is 28.3. The minimum Gasteiger partial charge on any atom is -0.489 e. The number of fused-ring (bicyclic) bond motifs is 3. The van der Waals surface area contributed by atoms with E-state index in [1.54, 1.807) is 0 Å². The molecule has 2 aromatic carbocycles. The van der Waals surface area contributed by atoms with Crippen LogP contribution in [0.5, 0.6) is 5.75 Å². The van der Waals surface area contributed by atoms with Gasteiger partial charge in [-0.05, 0) is 42.5 Å². The summed E-state index contributed by atoms with van der Waals surface area (Å²) < 4.78 is 13.4. The molecule has 3 atom stereocenters. The molecule has 0 unspecified atom stereocenters. The van der Waals surface area contributed by atoms with Crippen LogP contribution in [0.3, 0.4) is 0 Å². The summed E-state index contributed by atoms with van der Waals surface area (Å²) in [6, 6.07) is 17.0. The third-order valence-corrected chi connectivity index (χ3v) is 13.1. The van der Waals surface area contributed by atoms with E-state index < -0.39 is 8.07 Å². The van der Waals surface area contributed by atoms with Crippen LogP contribution in [0.2, 0.25) is 19.6 Å². The van der Waals surface area contributed by atoms with Gasteiger partial charge in [0.1, 0.15) is 12.4 Å². The van der Waals surface area contributed by atoms with Crippen LogP contribution in [-0.2, 0) is 17.8 Å². The maximum Gasteiger partial charge on any atom is 0.123 e. The quantitative estimate of drug-likeness (QED) is 0.490. The fourth-order valence-electron chi connectivity index (χ4n) is 4.69. The highest BCUT2D eigenvalue weighted by Crippen LogP contribution is 2.60. The van der Waals surface area contributed by atoms with Crippen LogP contribution in [0, 0.1) is 5.92 Å². The molecule has 2 aliphatic rings. The Labute approximate surface area is 181 Å². The highest BCUT2D eigenvalue weighted by molar-refractivity contribution is 8.03. The number of hydrogen-bond acceptors (Lipinski definition) is 3. The molecule has 0 N–H and O–H groups in total. The van der Waals surface area contributed by atoms with E-state index in [0.717, 1.165) is 18.6 Å². The summed E-state index contributed by atoms with van der Waals surface area (Å²) in [5.41, 5.74) is 3.91. The molecule has 1 saturated heterocycles. The standard InChI is InChI=1S/C25H34O2SSi/c1-24(2)21-16-15-19-20(23(21)27-25(3,28-24)29(4,5)6)13-10-14-22(19)26-17-18-11-8-7-9-12-18/h7-14,21,23H,15-17H2,1-6H3/t21-,23+,25+/m0/s1. The third kappa shape index (κ3) is 3.91. The van der Waals surface area contributed by atoms with E-state index in [0.29, 0.717) is 12.5 Å². The Morgan fingerprint density at radius 3 is 2.45 bits per heavy atom. The zero-order valence-corrected chi connectivity index (χ0v) is 20.4. The second-order valence-corrected chi connectivity index (χ2v) is 18.0. The fraction of sp³-hybridized carbons (Fsp3) is 0.520. The van der Waals surface area contributed by atoms with Crippen LogP contribution in [0.15, 0.2) is 48.5 Å². The van der Waals surface area contributed by atoms with Gasteiger partial charge in [-0.1, -0.05) is 76.0 Å². The lowest BCUT2D eigenvalue weighted by atomic mass is 9.75. The predicted octanol–water partition coefficient (Wildman–Crippen LogP) is 7.00. The van der Waals surface area contributed by atoms with E-state index in [2.05, 4.69) is 94.6 Å². The Kier molecular flexibility index (Phi) is 5.42. The highest BCUT2D eigenvalue weighted by atomic mass is 32.2. The van der Waals surface area contributed by atoms with Crippen molar-refractivity contribution in [2.75, 3.05) is 0 Å². The molecule has 0 bridgehead atoms. The molecule has 1 fully saturated rings. The highest BCUT2D eigenvalue weighted by Gasteiger charge is 2.56. The number of ether oxygens (including phenoxy) is 2. The molecule has 4 heteroatoms. The topological polar surface area (TPSA) is 18.5 Å². The molecular formula is C25H34O2SSi. The van der Waals surface area contributed by atoms with Crippen molar-refractivity contribution in [1.82, 2.24) is 0 Å². The summed E-state index contributed by atoms with van der Waals surface area (Å²) in [6.07, 6.45) is 2.39. The molecule has 29 heavy (non-hydrogen) atoms. The largest absolute Gasteiger partial charge is 0.489 e. The summed E-state index contributed by atoms with van der Waals surface area (Å²) >= 11 is 2.08. The fourth-order valence-corrected chi connectivity index (χ4v) is 8.73. The van der Waals surface area contributed by atoms with E-state index in [4.69, 9.17) is 9.47 Å². The molecule has 4 rings (SSSR count).